The van der Waals surface area contributed by atoms with E-state index < -0.39 is 23.2 Å². The van der Waals surface area contributed by atoms with E-state index >= 15 is 0 Å². The Morgan fingerprint density at radius 3 is 2.29 bits per heavy atom. The third-order valence-electron chi connectivity index (χ3n) is 3.78. The Hall–Kier alpha value is -1.34. The van der Waals surface area contributed by atoms with Crippen LogP contribution in [0.25, 0.3) is 0 Å². The third-order valence-corrected chi connectivity index (χ3v) is 3.78. The van der Waals surface area contributed by atoms with Gasteiger partial charge >= 0.3 is 12.1 Å². The minimum atomic E-state index is -0.921. The Labute approximate surface area is 125 Å². The first kappa shape index (κ1) is 17.7. The van der Waals surface area contributed by atoms with Gasteiger partial charge in [0.15, 0.2) is 0 Å². The molecular formula is C14H26N2O5. The van der Waals surface area contributed by atoms with Crippen molar-refractivity contribution in [2.24, 2.45) is 0 Å². The van der Waals surface area contributed by atoms with Gasteiger partial charge in [-0.2, -0.15) is 0 Å². The molecule has 1 amide bonds. The number of ether oxygens (including phenoxy) is 1. The number of carbonyl (C=O) groups is 2. The van der Waals surface area contributed by atoms with Crippen molar-refractivity contribution in [2.45, 2.75) is 51.3 Å². The average molecular weight is 302 g/mol. The highest BCUT2D eigenvalue weighted by atomic mass is 16.6. The fourth-order valence-corrected chi connectivity index (χ4v) is 2.45. The molecule has 1 unspecified atom stereocenters. The summed E-state index contributed by atoms with van der Waals surface area (Å²) in [5.41, 5.74) is -1.22. The first-order chi connectivity index (χ1) is 9.50. The Bertz CT molecular complexity index is 399. The van der Waals surface area contributed by atoms with Gasteiger partial charge in [0.2, 0.25) is 0 Å². The summed E-state index contributed by atoms with van der Waals surface area (Å²) in [5.74, 6) is -0.921. The number of aliphatic hydroxyl groups excluding tert-OH is 1. The van der Waals surface area contributed by atoms with E-state index in [0.29, 0.717) is 0 Å². The van der Waals surface area contributed by atoms with E-state index in [4.69, 9.17) is 9.84 Å². The summed E-state index contributed by atoms with van der Waals surface area (Å²) >= 11 is 0. The molecule has 0 aromatic carbocycles. The molecule has 1 saturated heterocycles. The molecule has 2 N–H and O–H groups in total. The van der Waals surface area contributed by atoms with Gasteiger partial charge in [-0.05, 0) is 34.7 Å². The predicted molar refractivity (Wildman–Crippen MR) is 77.1 cm³/mol. The Balaban J connectivity index is 2.74. The zero-order valence-corrected chi connectivity index (χ0v) is 13.4. The normalized spacial score (nSPS) is 19.1. The van der Waals surface area contributed by atoms with Crippen molar-refractivity contribution in [2.75, 3.05) is 26.7 Å². The number of aliphatic carboxylic acids is 1. The second-order valence-corrected chi connectivity index (χ2v) is 6.77. The maximum atomic E-state index is 12.0. The molecule has 7 nitrogen and oxygen atoms in total. The number of carbonyl (C=O) groups excluding carboxylic acids is 1. The number of likely N-dealkylation sites (tertiary alicyclic amines) is 1. The van der Waals surface area contributed by atoms with Gasteiger partial charge in [0.05, 0.1) is 18.6 Å². The lowest BCUT2D eigenvalue weighted by atomic mass is 9.84. The highest BCUT2D eigenvalue weighted by Crippen LogP contribution is 2.33. The molecule has 1 aliphatic heterocycles. The summed E-state index contributed by atoms with van der Waals surface area (Å²) in [6.07, 6.45) is -0.513. The predicted octanol–water partition coefficient (Wildman–Crippen LogP) is 0.763. The first-order valence-corrected chi connectivity index (χ1v) is 7.04. The van der Waals surface area contributed by atoms with E-state index in [1.165, 1.54) is 4.90 Å². The van der Waals surface area contributed by atoms with Gasteiger partial charge < -0.3 is 19.8 Å². The molecular weight excluding hydrogens is 276 g/mol. The number of aliphatic hydroxyl groups is 1. The monoisotopic (exact) mass is 302 g/mol. The van der Waals surface area contributed by atoms with Crippen molar-refractivity contribution in [1.82, 2.24) is 9.80 Å². The van der Waals surface area contributed by atoms with Crippen LogP contribution in [0.1, 0.15) is 34.1 Å². The van der Waals surface area contributed by atoms with Crippen LogP contribution in [-0.4, -0.2) is 76.0 Å². The molecule has 1 rings (SSSR count). The number of amides is 1. The molecule has 122 valence electrons. The topological polar surface area (TPSA) is 90.3 Å². The van der Waals surface area contributed by atoms with Crippen LogP contribution in [0.4, 0.5) is 4.79 Å². The zero-order valence-electron chi connectivity index (χ0n) is 13.4. The summed E-state index contributed by atoms with van der Waals surface area (Å²) in [7, 11) is 1.77. The Morgan fingerprint density at radius 2 is 1.90 bits per heavy atom. The van der Waals surface area contributed by atoms with E-state index in [9.17, 15) is 14.7 Å². The molecule has 21 heavy (non-hydrogen) atoms. The van der Waals surface area contributed by atoms with Crippen molar-refractivity contribution in [3.63, 3.8) is 0 Å². The highest BCUT2D eigenvalue weighted by molar-refractivity contribution is 5.73. The van der Waals surface area contributed by atoms with Crippen LogP contribution in [-0.2, 0) is 9.53 Å². The van der Waals surface area contributed by atoms with E-state index in [-0.39, 0.29) is 32.2 Å². The van der Waals surface area contributed by atoms with E-state index in [1.54, 1.807) is 27.8 Å². The third kappa shape index (κ3) is 4.31. The van der Waals surface area contributed by atoms with E-state index in [2.05, 4.69) is 0 Å². The van der Waals surface area contributed by atoms with Gasteiger partial charge in [-0.25, -0.2) is 4.79 Å². The quantitative estimate of drug-likeness (QED) is 0.779. The lowest BCUT2D eigenvalue weighted by Gasteiger charge is -2.55. The lowest BCUT2D eigenvalue weighted by Crippen LogP contribution is -2.72. The summed E-state index contributed by atoms with van der Waals surface area (Å²) in [6, 6.07) is -0.176. The molecule has 0 aromatic heterocycles. The minimum absolute atomic E-state index is 0.0652. The molecule has 0 aromatic rings. The fraction of sp³-hybridized carbons (Fsp3) is 0.857. The van der Waals surface area contributed by atoms with Gasteiger partial charge in [0, 0.05) is 19.1 Å². The first-order valence-electron chi connectivity index (χ1n) is 7.04. The van der Waals surface area contributed by atoms with Gasteiger partial charge in [0.25, 0.3) is 0 Å². The van der Waals surface area contributed by atoms with Crippen LogP contribution < -0.4 is 0 Å². The molecule has 7 heteroatoms. The Morgan fingerprint density at radius 1 is 1.38 bits per heavy atom. The van der Waals surface area contributed by atoms with Crippen molar-refractivity contribution in [3.8, 4) is 0 Å². The summed E-state index contributed by atoms with van der Waals surface area (Å²) in [5, 5.41) is 18.4. The number of nitrogens with zero attached hydrogens (tertiary/aromatic N) is 2. The van der Waals surface area contributed by atoms with Crippen molar-refractivity contribution in [1.29, 1.82) is 0 Å². The molecule has 0 spiro atoms. The summed E-state index contributed by atoms with van der Waals surface area (Å²) < 4.78 is 5.28. The number of likely N-dealkylation sites (N-methyl/N-ethyl adjacent to an activating group) is 1. The smallest absolute Gasteiger partial charge is 0.410 e. The molecule has 1 atom stereocenters. The molecule has 0 radical (unpaired) electrons. The largest absolute Gasteiger partial charge is 0.481 e. The van der Waals surface area contributed by atoms with Crippen LogP contribution in [0.5, 0.6) is 0 Å². The molecule has 0 bridgehead atoms. The molecule has 1 aliphatic rings. The minimum Gasteiger partial charge on any atom is -0.481 e. The zero-order chi connectivity index (χ0) is 16.4. The van der Waals surface area contributed by atoms with Crippen LogP contribution in [0.3, 0.4) is 0 Å². The van der Waals surface area contributed by atoms with E-state index in [0.717, 1.165) is 0 Å². The van der Waals surface area contributed by atoms with Gasteiger partial charge in [-0.1, -0.05) is 0 Å². The second-order valence-electron chi connectivity index (χ2n) is 6.77. The summed E-state index contributed by atoms with van der Waals surface area (Å²) in [6.45, 7) is 7.69. The van der Waals surface area contributed by atoms with Gasteiger partial charge in [0.1, 0.15) is 5.60 Å². The highest BCUT2D eigenvalue weighted by Gasteiger charge is 2.51. The van der Waals surface area contributed by atoms with Crippen molar-refractivity contribution >= 4 is 12.1 Å². The number of hydrogen-bond donors (Lipinski definition) is 2. The summed E-state index contributed by atoms with van der Waals surface area (Å²) in [4.78, 5) is 26.4. The maximum Gasteiger partial charge on any atom is 0.410 e. The molecule has 0 aliphatic carbocycles. The van der Waals surface area contributed by atoms with Crippen molar-refractivity contribution < 1.29 is 24.5 Å². The van der Waals surface area contributed by atoms with Crippen LogP contribution in [0.15, 0.2) is 0 Å². The fourth-order valence-electron chi connectivity index (χ4n) is 2.45. The standard InChI is InChI=1S/C14H26N2O5/c1-10(7-17)15(5)14(6-11(18)19)8-16(9-14)12(20)21-13(2,3)4/h10,17H,6-9H2,1-5H3,(H,18,19). The molecule has 1 fully saturated rings. The van der Waals surface area contributed by atoms with Crippen LogP contribution in [0, 0.1) is 0 Å². The van der Waals surface area contributed by atoms with Gasteiger partial charge in [-0.15, -0.1) is 0 Å². The molecule has 0 saturated carbocycles. The van der Waals surface area contributed by atoms with Crippen LogP contribution in [0.2, 0.25) is 0 Å². The van der Waals surface area contributed by atoms with E-state index in [1.807, 2.05) is 11.8 Å². The van der Waals surface area contributed by atoms with Gasteiger partial charge in [-0.3, -0.25) is 9.69 Å². The molecule has 1 heterocycles. The lowest BCUT2D eigenvalue weighted by molar-refractivity contribution is -0.146. The Kier molecular flexibility index (Phi) is 5.22. The average Bonchev–Trinajstić information content (AvgIpc) is 2.28. The number of rotatable bonds is 5. The second kappa shape index (κ2) is 6.19. The van der Waals surface area contributed by atoms with Crippen LogP contribution >= 0.6 is 0 Å². The van der Waals surface area contributed by atoms with Crippen molar-refractivity contribution in [3.05, 3.63) is 0 Å². The number of carboxylic acids is 1. The maximum absolute atomic E-state index is 12.0. The SMILES string of the molecule is CC(CO)N(C)C1(CC(=O)O)CN(C(=O)OC(C)(C)C)C1. The number of hydrogen-bond acceptors (Lipinski definition) is 5. The number of carboxylic acid groups (broad SMARTS) is 1.